The monoisotopic (exact) mass is 365 g/mol. The predicted octanol–water partition coefficient (Wildman–Crippen LogP) is 2.65. The Morgan fingerprint density at radius 1 is 1.32 bits per heavy atom. The molecule has 0 radical (unpaired) electrons. The summed E-state index contributed by atoms with van der Waals surface area (Å²) < 4.78 is 10.7. The third kappa shape index (κ3) is 7.26. The number of likely N-dealkylation sites (tertiary alicyclic amines) is 1. The summed E-state index contributed by atoms with van der Waals surface area (Å²) in [7, 11) is 3.56. The minimum absolute atomic E-state index is 0.581. The Morgan fingerprint density at radius 2 is 2.12 bits per heavy atom. The summed E-state index contributed by atoms with van der Waals surface area (Å²) in [5, 5.41) is 3.48. The second-order valence-electron chi connectivity index (χ2n) is 6.30. The zero-order chi connectivity index (χ0) is 17.9. The van der Waals surface area contributed by atoms with Crippen molar-refractivity contribution < 1.29 is 9.47 Å². The van der Waals surface area contributed by atoms with Crippen molar-refractivity contribution in [3.05, 3.63) is 29.8 Å². The summed E-state index contributed by atoms with van der Waals surface area (Å²) in [5.74, 6) is 2.61. The fourth-order valence-electron chi connectivity index (χ4n) is 2.85. The molecule has 2 rings (SSSR count). The lowest BCUT2D eigenvalue weighted by molar-refractivity contribution is 0.0536. The lowest BCUT2D eigenvalue weighted by Gasteiger charge is -2.21. The number of ether oxygens (including phenoxy) is 2. The van der Waals surface area contributed by atoms with Crippen LogP contribution in [-0.4, -0.2) is 70.2 Å². The molecule has 0 spiro atoms. The van der Waals surface area contributed by atoms with Crippen LogP contribution in [0.25, 0.3) is 0 Å². The van der Waals surface area contributed by atoms with Crippen LogP contribution >= 0.6 is 11.8 Å². The number of nitrogens with zero attached hydrogens (tertiary/aromatic N) is 2. The summed E-state index contributed by atoms with van der Waals surface area (Å²) in [6.07, 6.45) is 1.16. The zero-order valence-electron chi connectivity index (χ0n) is 15.7. The van der Waals surface area contributed by atoms with Crippen molar-refractivity contribution in [1.82, 2.24) is 10.2 Å². The fourth-order valence-corrected chi connectivity index (χ4v) is 3.62. The van der Waals surface area contributed by atoms with Gasteiger partial charge in [0.1, 0.15) is 0 Å². The number of nitrogens with one attached hydrogen (secondary N) is 1. The average Bonchev–Trinajstić information content (AvgIpc) is 3.09. The maximum Gasteiger partial charge on any atom is 0.193 e. The predicted molar refractivity (Wildman–Crippen MR) is 106 cm³/mol. The van der Waals surface area contributed by atoms with Crippen molar-refractivity contribution >= 4 is 17.7 Å². The van der Waals surface area contributed by atoms with E-state index in [2.05, 4.69) is 46.4 Å². The van der Waals surface area contributed by atoms with Gasteiger partial charge in [0.25, 0.3) is 0 Å². The van der Waals surface area contributed by atoms with Crippen LogP contribution in [0.2, 0.25) is 0 Å². The Labute approximate surface area is 156 Å². The van der Waals surface area contributed by atoms with E-state index in [1.54, 1.807) is 7.11 Å². The minimum Gasteiger partial charge on any atom is -0.382 e. The van der Waals surface area contributed by atoms with Gasteiger partial charge in [0, 0.05) is 50.4 Å². The molecule has 1 saturated heterocycles. The van der Waals surface area contributed by atoms with Gasteiger partial charge < -0.3 is 19.7 Å². The number of aryl methyl sites for hydroxylation is 1. The smallest absolute Gasteiger partial charge is 0.193 e. The highest BCUT2D eigenvalue weighted by atomic mass is 32.2. The van der Waals surface area contributed by atoms with Gasteiger partial charge in [-0.05, 0) is 25.5 Å². The highest BCUT2D eigenvalue weighted by Crippen LogP contribution is 2.18. The summed E-state index contributed by atoms with van der Waals surface area (Å²) >= 11 is 1.87. The van der Waals surface area contributed by atoms with Crippen molar-refractivity contribution in [3.63, 3.8) is 0 Å². The SMILES string of the molecule is CN=C(NCCSc1ccc(C)cc1)N1CCC(COCCOC)C1. The molecule has 6 heteroatoms. The number of aliphatic imine (C=N–C) groups is 1. The molecule has 0 bridgehead atoms. The number of methoxy groups -OCH3 is 1. The van der Waals surface area contributed by atoms with Crippen molar-refractivity contribution in [1.29, 1.82) is 0 Å². The molecular formula is C19H31N3O2S. The minimum atomic E-state index is 0.581. The zero-order valence-corrected chi connectivity index (χ0v) is 16.5. The molecule has 1 aromatic rings. The van der Waals surface area contributed by atoms with E-state index in [-0.39, 0.29) is 0 Å². The lowest BCUT2D eigenvalue weighted by Crippen LogP contribution is -2.41. The van der Waals surface area contributed by atoms with E-state index >= 15 is 0 Å². The Hall–Kier alpha value is -1.24. The van der Waals surface area contributed by atoms with Gasteiger partial charge in [0.05, 0.1) is 19.8 Å². The average molecular weight is 366 g/mol. The Bertz CT molecular complexity index is 522. The van der Waals surface area contributed by atoms with E-state index in [4.69, 9.17) is 9.47 Å². The van der Waals surface area contributed by atoms with Crippen LogP contribution < -0.4 is 5.32 Å². The van der Waals surface area contributed by atoms with Gasteiger partial charge >= 0.3 is 0 Å². The molecule has 1 N–H and O–H groups in total. The van der Waals surface area contributed by atoms with Crippen LogP contribution in [0, 0.1) is 12.8 Å². The normalized spacial score (nSPS) is 18.0. The number of rotatable bonds is 9. The van der Waals surface area contributed by atoms with E-state index in [9.17, 15) is 0 Å². The van der Waals surface area contributed by atoms with Crippen LogP contribution in [0.5, 0.6) is 0 Å². The van der Waals surface area contributed by atoms with Crippen LogP contribution in [0.15, 0.2) is 34.2 Å². The maximum absolute atomic E-state index is 5.66. The van der Waals surface area contributed by atoms with E-state index in [0.717, 1.165) is 44.4 Å². The van der Waals surface area contributed by atoms with E-state index in [1.807, 2.05) is 18.8 Å². The topological polar surface area (TPSA) is 46.1 Å². The van der Waals surface area contributed by atoms with Crippen molar-refractivity contribution in [2.24, 2.45) is 10.9 Å². The Kier molecular flexibility index (Phi) is 9.15. The van der Waals surface area contributed by atoms with Crippen LogP contribution in [-0.2, 0) is 9.47 Å². The second kappa shape index (κ2) is 11.4. The van der Waals surface area contributed by atoms with E-state index < -0.39 is 0 Å². The molecule has 25 heavy (non-hydrogen) atoms. The first kappa shape index (κ1) is 20.1. The molecule has 1 aromatic carbocycles. The molecule has 0 amide bonds. The molecule has 1 aliphatic rings. The third-order valence-electron chi connectivity index (χ3n) is 4.26. The molecule has 1 fully saturated rings. The molecule has 1 heterocycles. The molecule has 140 valence electrons. The summed E-state index contributed by atoms with van der Waals surface area (Å²) in [6.45, 7) is 7.23. The van der Waals surface area contributed by atoms with E-state index in [0.29, 0.717) is 19.1 Å². The van der Waals surface area contributed by atoms with Crippen LogP contribution in [0.3, 0.4) is 0 Å². The number of thioether (sulfide) groups is 1. The number of hydrogen-bond donors (Lipinski definition) is 1. The second-order valence-corrected chi connectivity index (χ2v) is 7.47. The number of hydrogen-bond acceptors (Lipinski definition) is 4. The molecular weight excluding hydrogens is 334 g/mol. The van der Waals surface area contributed by atoms with E-state index in [1.165, 1.54) is 10.5 Å². The number of benzene rings is 1. The Morgan fingerprint density at radius 3 is 2.84 bits per heavy atom. The lowest BCUT2D eigenvalue weighted by atomic mass is 10.1. The van der Waals surface area contributed by atoms with Gasteiger partial charge in [0.15, 0.2) is 5.96 Å². The fraction of sp³-hybridized carbons (Fsp3) is 0.632. The highest BCUT2D eigenvalue weighted by Gasteiger charge is 2.24. The molecule has 1 atom stereocenters. The van der Waals surface area contributed by atoms with Crippen molar-refractivity contribution in [2.45, 2.75) is 18.2 Å². The highest BCUT2D eigenvalue weighted by molar-refractivity contribution is 7.99. The first-order chi connectivity index (χ1) is 12.2. The van der Waals surface area contributed by atoms with Gasteiger partial charge in [-0.15, -0.1) is 11.8 Å². The molecule has 0 saturated carbocycles. The summed E-state index contributed by atoms with van der Waals surface area (Å²) in [4.78, 5) is 8.08. The van der Waals surface area contributed by atoms with Gasteiger partial charge in [-0.2, -0.15) is 0 Å². The largest absolute Gasteiger partial charge is 0.382 e. The summed E-state index contributed by atoms with van der Waals surface area (Å²) in [5.41, 5.74) is 1.30. The standard InChI is InChI=1S/C19H31N3O2S/c1-16-4-6-18(7-5-16)25-13-9-21-19(20-2)22-10-8-17(14-22)15-24-12-11-23-3/h4-7,17H,8-15H2,1-3H3,(H,20,21). The van der Waals surface area contributed by atoms with Gasteiger partial charge in [-0.3, -0.25) is 4.99 Å². The molecule has 1 aliphatic heterocycles. The van der Waals surface area contributed by atoms with Crippen LogP contribution in [0.4, 0.5) is 0 Å². The number of guanidine groups is 1. The molecule has 1 unspecified atom stereocenters. The third-order valence-corrected chi connectivity index (χ3v) is 5.27. The summed E-state index contributed by atoms with van der Waals surface area (Å²) in [6, 6.07) is 8.69. The Balaban J connectivity index is 1.64. The van der Waals surface area contributed by atoms with Gasteiger partial charge in [-0.25, -0.2) is 0 Å². The van der Waals surface area contributed by atoms with Crippen molar-refractivity contribution in [3.8, 4) is 0 Å². The maximum atomic E-state index is 5.66. The molecule has 0 aliphatic carbocycles. The van der Waals surface area contributed by atoms with Crippen LogP contribution in [0.1, 0.15) is 12.0 Å². The van der Waals surface area contributed by atoms with Crippen molar-refractivity contribution in [2.75, 3.05) is 59.4 Å². The first-order valence-electron chi connectivity index (χ1n) is 8.94. The quantitative estimate of drug-likeness (QED) is 0.315. The first-order valence-corrected chi connectivity index (χ1v) is 9.93. The molecule has 0 aromatic heterocycles. The molecule has 5 nitrogen and oxygen atoms in total. The van der Waals surface area contributed by atoms with Gasteiger partial charge in [-0.1, -0.05) is 17.7 Å². The van der Waals surface area contributed by atoms with Gasteiger partial charge in [0.2, 0.25) is 0 Å².